The van der Waals surface area contributed by atoms with Gasteiger partial charge in [0.05, 0.1) is 72.1 Å². The van der Waals surface area contributed by atoms with Crippen LogP contribution in [0.3, 0.4) is 0 Å². The van der Waals surface area contributed by atoms with Gasteiger partial charge < -0.3 is 44.4 Å². The number of ether oxygens (including phenoxy) is 6. The molecule has 0 fully saturated rings. The van der Waals surface area contributed by atoms with Crippen LogP contribution in [0.15, 0.2) is 117 Å². The van der Waals surface area contributed by atoms with Gasteiger partial charge in [-0.15, -0.1) is 0 Å². The summed E-state index contributed by atoms with van der Waals surface area (Å²) in [6.45, 7) is 30.0. The number of allylic oxidation sites excluding steroid dienone is 18. The van der Waals surface area contributed by atoms with E-state index in [9.17, 15) is 19.2 Å². The van der Waals surface area contributed by atoms with Gasteiger partial charge in [-0.1, -0.05) is 118 Å². The largest absolute Gasteiger partial charge is 0.379 e. The molecule has 0 heterocycles. The number of nitrogens with one attached hydrogen (secondary N) is 3. The number of amides is 3. The quantitative estimate of drug-likeness (QED) is 0.0305. The van der Waals surface area contributed by atoms with E-state index < -0.39 is 6.04 Å². The predicted molar refractivity (Wildman–Crippen MR) is 318 cm³/mol. The minimum atomic E-state index is -0.681. The third-order valence-corrected chi connectivity index (χ3v) is 13.8. The van der Waals surface area contributed by atoms with Gasteiger partial charge >= 0.3 is 0 Å². The van der Waals surface area contributed by atoms with Gasteiger partial charge in [-0.25, -0.2) is 0 Å². The van der Waals surface area contributed by atoms with E-state index in [0.29, 0.717) is 111 Å². The summed E-state index contributed by atoms with van der Waals surface area (Å²) in [7, 11) is 0. The van der Waals surface area contributed by atoms with Crippen LogP contribution in [0, 0.1) is 10.8 Å². The summed E-state index contributed by atoms with van der Waals surface area (Å²) in [5.41, 5.74) is 10.0. The highest BCUT2D eigenvalue weighted by atomic mass is 16.6. The third-order valence-electron chi connectivity index (χ3n) is 13.8. The summed E-state index contributed by atoms with van der Waals surface area (Å²) in [5.74, 6) is -0.692. The Morgan fingerprint density at radius 2 is 1.00 bits per heavy atom. The van der Waals surface area contributed by atoms with Crippen molar-refractivity contribution in [2.45, 2.75) is 166 Å². The Balaban J connectivity index is 1.81. The predicted octanol–water partition coefficient (Wildman–Crippen LogP) is 12.2. The first-order valence-corrected chi connectivity index (χ1v) is 29.0. The third kappa shape index (κ3) is 33.0. The molecule has 0 saturated heterocycles. The zero-order chi connectivity index (χ0) is 57.4. The number of carbonyl (C=O) groups excluding carboxylic acids is 4. The maximum atomic E-state index is 13.6. The molecule has 2 aliphatic carbocycles. The van der Waals surface area contributed by atoms with Crippen LogP contribution in [0.4, 0.5) is 0 Å². The molecule has 0 saturated carbocycles. The van der Waals surface area contributed by atoms with E-state index in [1.54, 1.807) is 6.08 Å². The van der Waals surface area contributed by atoms with Crippen molar-refractivity contribution in [3.8, 4) is 0 Å². The minimum absolute atomic E-state index is 0.0690. The second-order valence-electron chi connectivity index (χ2n) is 22.0. The number of unbranched alkanes of at least 4 members (excludes halogenated alkanes) is 1. The molecule has 0 unspecified atom stereocenters. The van der Waals surface area contributed by atoms with Gasteiger partial charge in [0.25, 0.3) is 0 Å². The first-order valence-electron chi connectivity index (χ1n) is 29.0. The summed E-state index contributed by atoms with van der Waals surface area (Å²) in [6, 6.07) is -0.681. The molecule has 3 N–H and O–H groups in total. The fourth-order valence-corrected chi connectivity index (χ4v) is 9.30. The normalized spacial score (nSPS) is 17.1. The first-order chi connectivity index (χ1) is 37.3. The Kier molecular flexibility index (Phi) is 36.7. The minimum Gasteiger partial charge on any atom is -0.379 e. The molecule has 0 aromatic rings. The van der Waals surface area contributed by atoms with Crippen molar-refractivity contribution in [3.05, 3.63) is 117 Å². The summed E-state index contributed by atoms with van der Waals surface area (Å²) in [6.07, 6.45) is 34.6. The average Bonchev–Trinajstić information content (AvgIpc) is 3.39. The molecule has 0 spiro atoms. The number of hydrogen-bond donors (Lipinski definition) is 3. The Hall–Kier alpha value is -4.76. The topological polar surface area (TPSA) is 160 Å². The van der Waals surface area contributed by atoms with Crippen LogP contribution in [0.25, 0.3) is 0 Å². The fraction of sp³-hybridized carbons (Fsp3) is 0.631. The van der Waals surface area contributed by atoms with Crippen molar-refractivity contribution in [2.75, 3.05) is 92.4 Å². The second-order valence-corrected chi connectivity index (χ2v) is 22.0. The van der Waals surface area contributed by atoms with Crippen molar-refractivity contribution < 1.29 is 47.6 Å². The summed E-state index contributed by atoms with van der Waals surface area (Å²) < 4.78 is 33.1. The molecular weight excluding hydrogens is 983 g/mol. The average molecular weight is 1090 g/mol. The van der Waals surface area contributed by atoms with Crippen molar-refractivity contribution in [2.24, 2.45) is 10.8 Å². The van der Waals surface area contributed by atoms with E-state index in [4.69, 9.17) is 28.4 Å². The number of rotatable bonds is 41. The van der Waals surface area contributed by atoms with Crippen molar-refractivity contribution in [3.63, 3.8) is 0 Å². The van der Waals surface area contributed by atoms with Crippen molar-refractivity contribution in [1.29, 1.82) is 0 Å². The molecule has 3 amide bonds. The van der Waals surface area contributed by atoms with E-state index in [2.05, 4.69) is 109 Å². The van der Waals surface area contributed by atoms with Gasteiger partial charge in [-0.3, -0.25) is 19.2 Å². The van der Waals surface area contributed by atoms with E-state index >= 15 is 0 Å². The van der Waals surface area contributed by atoms with Crippen LogP contribution in [0.2, 0.25) is 0 Å². The lowest BCUT2D eigenvalue weighted by atomic mass is 9.72. The number of ketones is 1. The van der Waals surface area contributed by atoms with Gasteiger partial charge in [0, 0.05) is 51.3 Å². The lowest BCUT2D eigenvalue weighted by Crippen LogP contribution is -2.40. The molecule has 78 heavy (non-hydrogen) atoms. The Morgan fingerprint density at radius 1 is 0.526 bits per heavy atom. The van der Waals surface area contributed by atoms with E-state index in [-0.39, 0.29) is 47.2 Å². The van der Waals surface area contributed by atoms with Crippen LogP contribution in [-0.2, 0) is 47.6 Å². The van der Waals surface area contributed by atoms with Gasteiger partial charge in [0.15, 0.2) is 5.78 Å². The van der Waals surface area contributed by atoms with Crippen molar-refractivity contribution in [1.82, 2.24) is 16.0 Å². The smallest absolute Gasteiger partial charge is 0.244 e. The molecule has 0 radical (unpaired) electrons. The maximum Gasteiger partial charge on any atom is 0.244 e. The van der Waals surface area contributed by atoms with Gasteiger partial charge in [0.1, 0.15) is 0 Å². The number of carbonyl (C=O) groups is 4. The van der Waals surface area contributed by atoms with Crippen LogP contribution < -0.4 is 16.0 Å². The zero-order valence-electron chi connectivity index (χ0n) is 50.2. The standard InChI is InChI=1S/C65H103N3O10/c1-12-37-73-41-45-77-47-48-78-46-43-75-39-32-61(70)67-36-40-76-44-42-74-38-19-27-60(69)59(68-63(72)50-54(5)23-16-21-52(3)29-31-58-56(7)25-18-34-65(58,10)11)26-13-14-35-66-62(71)49-53(4)22-15-20-51(2)28-30-57-55(6)24-17-33-64(57,8)9/h15-16,20-23,28-31,49-50,59H,12-14,17-19,24-27,32-48H2,1-11H3,(H,66,71)(H,67,70)(H,68,72)/b22-15+,23-16+,30-28+,31-29+,51-20+,52-21+,53-49+,54-50+/t59-/m1/s1. The SMILES string of the molecule is CCCOCCOCCOCCOCCC(=O)NCCOCCOCCCC(=O)[C@@H](CCCCNC(=O)/C=C(C)/C=C/C=C(C)/C=C/C1=C(C)CCCC1(C)C)NC(=O)/C=C(C)/C=C/C=C(C)/C=C/C1=C(C)CCCC1(C)C. The Morgan fingerprint density at radius 3 is 1.51 bits per heavy atom. The maximum absolute atomic E-state index is 13.6. The molecule has 0 aromatic heterocycles. The number of Topliss-reactive ketones (excluding diaryl/α,β-unsaturated/α-hetero) is 1. The highest BCUT2D eigenvalue weighted by Gasteiger charge is 2.27. The van der Waals surface area contributed by atoms with Crippen molar-refractivity contribution >= 4 is 23.5 Å². The highest BCUT2D eigenvalue weighted by molar-refractivity contribution is 5.94. The summed E-state index contributed by atoms with van der Waals surface area (Å²) >= 11 is 0. The lowest BCUT2D eigenvalue weighted by Gasteiger charge is -2.33. The zero-order valence-corrected chi connectivity index (χ0v) is 50.2. The Labute approximate surface area is 471 Å². The Bertz CT molecular complexity index is 2130. The number of hydrogen-bond acceptors (Lipinski definition) is 10. The molecule has 0 aromatic carbocycles. The monoisotopic (exact) mass is 1090 g/mol. The second kappa shape index (κ2) is 41.3. The van der Waals surface area contributed by atoms with Crippen LogP contribution in [0.1, 0.15) is 160 Å². The van der Waals surface area contributed by atoms with Crippen LogP contribution in [-0.4, -0.2) is 122 Å². The molecule has 13 heteroatoms. The van der Waals surface area contributed by atoms with Crippen LogP contribution in [0.5, 0.6) is 0 Å². The summed E-state index contributed by atoms with van der Waals surface area (Å²) in [5, 5.41) is 8.75. The van der Waals surface area contributed by atoms with Gasteiger partial charge in [-0.05, 0) is 145 Å². The molecular formula is C65H103N3O10. The molecule has 13 nitrogen and oxygen atoms in total. The molecule has 2 rings (SSSR count). The molecule has 438 valence electrons. The first kappa shape index (κ1) is 69.3. The fourth-order valence-electron chi connectivity index (χ4n) is 9.30. The highest BCUT2D eigenvalue weighted by Crippen LogP contribution is 2.42. The molecule has 2 aliphatic rings. The molecule has 0 aliphatic heterocycles. The van der Waals surface area contributed by atoms with E-state index in [0.717, 1.165) is 48.2 Å². The van der Waals surface area contributed by atoms with E-state index in [1.807, 2.05) is 44.2 Å². The van der Waals surface area contributed by atoms with Gasteiger partial charge in [-0.2, -0.15) is 0 Å². The molecule has 1 atom stereocenters. The molecule has 0 bridgehead atoms. The van der Waals surface area contributed by atoms with Crippen LogP contribution >= 0.6 is 0 Å². The van der Waals surface area contributed by atoms with E-state index in [1.165, 1.54) is 54.1 Å². The van der Waals surface area contributed by atoms with Gasteiger partial charge in [0.2, 0.25) is 17.7 Å². The lowest BCUT2D eigenvalue weighted by molar-refractivity contribution is -0.126. The summed E-state index contributed by atoms with van der Waals surface area (Å²) in [4.78, 5) is 51.8.